The highest BCUT2D eigenvalue weighted by molar-refractivity contribution is 5.81. The van der Waals surface area contributed by atoms with Crippen LogP contribution in [0.4, 0.5) is 10.2 Å². The number of fused-ring (bicyclic) bond motifs is 2. The number of alkyl halides is 1. The molecule has 0 radical (unpaired) electrons. The van der Waals surface area contributed by atoms with E-state index in [1.165, 1.54) is 6.33 Å². The van der Waals surface area contributed by atoms with Crippen molar-refractivity contribution in [3.05, 3.63) is 48.5 Å². The van der Waals surface area contributed by atoms with Gasteiger partial charge in [0.2, 0.25) is 0 Å². The van der Waals surface area contributed by atoms with Crippen molar-refractivity contribution >= 4 is 17.0 Å². The molecule has 1 saturated heterocycles. The second-order valence-electron chi connectivity index (χ2n) is 8.25. The van der Waals surface area contributed by atoms with Crippen molar-refractivity contribution in [2.45, 2.75) is 50.7 Å². The lowest BCUT2D eigenvalue weighted by Gasteiger charge is -2.26. The smallest absolute Gasteiger partial charge is 0.165 e. The third-order valence-electron chi connectivity index (χ3n) is 5.79. The standard InChI is InChI=1S/C21H24FN5O3/c1-21(2)29-17-13(9-28-8-12-6-4-3-5-7-12)14(22)16(18(17)30-21)27-11-26-15-19(23)24-10-25-20(15)27/h3-7,10-11,13-14,16-18H,8-9H2,1-2H3,(H2,23,24,25)/t13-,14+,16+,17+,18-/m0/s1. The molecular weight excluding hydrogens is 389 g/mol. The van der Waals surface area contributed by atoms with Gasteiger partial charge in [-0.1, -0.05) is 30.3 Å². The van der Waals surface area contributed by atoms with Gasteiger partial charge in [0.15, 0.2) is 17.3 Å². The van der Waals surface area contributed by atoms with E-state index in [1.54, 1.807) is 10.9 Å². The molecule has 30 heavy (non-hydrogen) atoms. The van der Waals surface area contributed by atoms with Gasteiger partial charge in [0.25, 0.3) is 0 Å². The first-order valence-corrected chi connectivity index (χ1v) is 9.99. The number of nitrogens with zero attached hydrogens (tertiary/aromatic N) is 4. The lowest BCUT2D eigenvalue weighted by molar-refractivity contribution is -0.169. The first-order chi connectivity index (χ1) is 14.4. The van der Waals surface area contributed by atoms with Gasteiger partial charge in [0.1, 0.15) is 24.1 Å². The minimum atomic E-state index is -1.26. The number of nitrogens with two attached hydrogens (primary N) is 1. The summed E-state index contributed by atoms with van der Waals surface area (Å²) in [7, 11) is 0. The summed E-state index contributed by atoms with van der Waals surface area (Å²) < 4.78 is 35.6. The van der Waals surface area contributed by atoms with Crippen molar-refractivity contribution in [1.82, 2.24) is 19.5 Å². The number of ether oxygens (including phenoxy) is 3. The summed E-state index contributed by atoms with van der Waals surface area (Å²) >= 11 is 0. The second kappa shape index (κ2) is 7.26. The van der Waals surface area contributed by atoms with E-state index in [4.69, 9.17) is 19.9 Å². The molecule has 1 aliphatic heterocycles. The molecule has 1 aliphatic carbocycles. The van der Waals surface area contributed by atoms with Crippen molar-refractivity contribution in [2.24, 2.45) is 5.92 Å². The summed E-state index contributed by atoms with van der Waals surface area (Å²) in [6.07, 6.45) is 0.708. The first kappa shape index (κ1) is 19.3. The zero-order valence-corrected chi connectivity index (χ0v) is 16.8. The summed E-state index contributed by atoms with van der Waals surface area (Å²) in [5.41, 5.74) is 7.87. The lowest BCUT2D eigenvalue weighted by Crippen LogP contribution is -2.33. The molecule has 9 heteroatoms. The number of halogens is 1. The fourth-order valence-electron chi connectivity index (χ4n) is 4.50. The summed E-state index contributed by atoms with van der Waals surface area (Å²) in [4.78, 5) is 12.5. The Kier molecular flexibility index (Phi) is 4.68. The number of nitrogen functional groups attached to an aromatic ring is 1. The zero-order chi connectivity index (χ0) is 20.9. The summed E-state index contributed by atoms with van der Waals surface area (Å²) in [6.45, 7) is 4.30. The van der Waals surface area contributed by atoms with Crippen molar-refractivity contribution < 1.29 is 18.6 Å². The van der Waals surface area contributed by atoms with Crippen LogP contribution in [0.1, 0.15) is 25.5 Å². The Bertz CT molecular complexity index is 1040. The molecule has 5 atom stereocenters. The minimum Gasteiger partial charge on any atom is -0.382 e. The van der Waals surface area contributed by atoms with Gasteiger partial charge in [-0.3, -0.25) is 0 Å². The summed E-state index contributed by atoms with van der Waals surface area (Å²) in [6, 6.07) is 9.16. The van der Waals surface area contributed by atoms with Crippen molar-refractivity contribution in [3.63, 3.8) is 0 Å². The van der Waals surface area contributed by atoms with Crippen LogP contribution in [0.15, 0.2) is 43.0 Å². The topological polar surface area (TPSA) is 97.3 Å². The van der Waals surface area contributed by atoms with Crippen LogP contribution < -0.4 is 5.73 Å². The number of rotatable bonds is 5. The predicted molar refractivity (Wildman–Crippen MR) is 107 cm³/mol. The van der Waals surface area contributed by atoms with Gasteiger partial charge in [-0.25, -0.2) is 19.3 Å². The van der Waals surface area contributed by atoms with Crippen LogP contribution in [0.25, 0.3) is 11.2 Å². The van der Waals surface area contributed by atoms with Crippen LogP contribution >= 0.6 is 0 Å². The maximum atomic E-state index is 15.8. The molecular formula is C21H24FN5O3. The molecule has 8 nitrogen and oxygen atoms in total. The number of hydrogen-bond acceptors (Lipinski definition) is 7. The van der Waals surface area contributed by atoms with E-state index in [-0.39, 0.29) is 12.4 Å². The van der Waals surface area contributed by atoms with Gasteiger partial charge in [-0.2, -0.15) is 0 Å². The van der Waals surface area contributed by atoms with Crippen molar-refractivity contribution in [2.75, 3.05) is 12.3 Å². The Hall–Kier alpha value is -2.62. The van der Waals surface area contributed by atoms with Crippen molar-refractivity contribution in [1.29, 1.82) is 0 Å². The highest BCUT2D eigenvalue weighted by Crippen LogP contribution is 2.49. The maximum Gasteiger partial charge on any atom is 0.165 e. The van der Waals surface area contributed by atoms with Crippen LogP contribution in [-0.2, 0) is 20.8 Å². The van der Waals surface area contributed by atoms with Crippen LogP contribution in [-0.4, -0.2) is 50.3 Å². The second-order valence-corrected chi connectivity index (χ2v) is 8.25. The predicted octanol–water partition coefficient (Wildman–Crippen LogP) is 2.65. The fourth-order valence-corrected chi connectivity index (χ4v) is 4.50. The molecule has 1 saturated carbocycles. The molecule has 3 aromatic rings. The molecule has 2 fully saturated rings. The van der Waals surface area contributed by atoms with Crippen LogP contribution in [0.2, 0.25) is 0 Å². The monoisotopic (exact) mass is 413 g/mol. The van der Waals surface area contributed by atoms with Crippen LogP contribution in [0.5, 0.6) is 0 Å². The molecule has 158 valence electrons. The van der Waals surface area contributed by atoms with E-state index >= 15 is 4.39 Å². The molecule has 0 bridgehead atoms. The van der Waals surface area contributed by atoms with Crippen LogP contribution in [0, 0.1) is 5.92 Å². The highest BCUT2D eigenvalue weighted by Gasteiger charge is 2.60. The van der Waals surface area contributed by atoms with Gasteiger partial charge < -0.3 is 24.5 Å². The number of hydrogen-bond donors (Lipinski definition) is 1. The largest absolute Gasteiger partial charge is 0.382 e. The molecule has 0 amide bonds. The molecule has 0 spiro atoms. The van der Waals surface area contributed by atoms with Crippen molar-refractivity contribution in [3.8, 4) is 0 Å². The van der Waals surface area contributed by atoms with E-state index in [2.05, 4.69) is 15.0 Å². The molecule has 1 aromatic carbocycles. The summed E-state index contributed by atoms with van der Waals surface area (Å²) in [5.74, 6) is -1.03. The van der Waals surface area contributed by atoms with E-state index in [1.807, 2.05) is 44.2 Å². The van der Waals surface area contributed by atoms with Gasteiger partial charge >= 0.3 is 0 Å². The molecule has 2 aliphatic rings. The SMILES string of the molecule is CC1(C)O[C@@H]2[C@@H](COCc3ccccc3)[C@@H](F)[C@@H](n3cnc4c(N)ncnc43)[C@@H]2O1. The van der Waals surface area contributed by atoms with E-state index in [0.717, 1.165) is 5.56 Å². The van der Waals surface area contributed by atoms with Crippen LogP contribution in [0.3, 0.4) is 0 Å². The van der Waals surface area contributed by atoms with Gasteiger partial charge in [0, 0.05) is 5.92 Å². The quantitative estimate of drug-likeness (QED) is 0.687. The van der Waals surface area contributed by atoms with Gasteiger partial charge in [-0.15, -0.1) is 0 Å². The Balaban J connectivity index is 1.42. The zero-order valence-electron chi connectivity index (χ0n) is 16.8. The van der Waals surface area contributed by atoms with E-state index in [0.29, 0.717) is 17.8 Å². The molecule has 2 aromatic heterocycles. The number of anilines is 1. The number of imidazole rings is 1. The summed E-state index contributed by atoms with van der Waals surface area (Å²) in [5, 5.41) is 0. The minimum absolute atomic E-state index is 0.219. The molecule has 3 heterocycles. The molecule has 0 unspecified atom stereocenters. The van der Waals surface area contributed by atoms with E-state index in [9.17, 15) is 0 Å². The van der Waals surface area contributed by atoms with E-state index < -0.39 is 36.1 Å². The molecule has 2 N–H and O–H groups in total. The van der Waals surface area contributed by atoms with Gasteiger partial charge in [-0.05, 0) is 19.4 Å². The average Bonchev–Trinajstić information content (AvgIpc) is 3.34. The maximum absolute atomic E-state index is 15.8. The third-order valence-corrected chi connectivity index (χ3v) is 5.79. The number of benzene rings is 1. The Morgan fingerprint density at radius 2 is 1.90 bits per heavy atom. The third kappa shape index (κ3) is 3.23. The number of aromatic nitrogens is 4. The first-order valence-electron chi connectivity index (χ1n) is 9.99. The lowest BCUT2D eigenvalue weighted by atomic mass is 10.1. The highest BCUT2D eigenvalue weighted by atomic mass is 19.1. The Morgan fingerprint density at radius 3 is 2.70 bits per heavy atom. The normalized spacial score (nSPS) is 30.0. The van der Waals surface area contributed by atoms with Gasteiger partial charge in [0.05, 0.1) is 31.7 Å². The average molecular weight is 413 g/mol. The fraction of sp³-hybridized carbons (Fsp3) is 0.476. The molecule has 5 rings (SSSR count). The Morgan fingerprint density at radius 1 is 1.13 bits per heavy atom. The Labute approximate surface area is 173 Å².